The summed E-state index contributed by atoms with van der Waals surface area (Å²) in [4.78, 5) is 10.3. The van der Waals surface area contributed by atoms with Gasteiger partial charge >= 0.3 is 0 Å². The molecule has 0 saturated carbocycles. The summed E-state index contributed by atoms with van der Waals surface area (Å²) in [6, 6.07) is 7.84. The SMILES string of the molecule is CC(C)Nc1ccc(C=O)cc1. The molecule has 0 atom stereocenters. The summed E-state index contributed by atoms with van der Waals surface area (Å²) in [5.74, 6) is 0. The van der Waals surface area contributed by atoms with E-state index in [2.05, 4.69) is 19.2 Å². The zero-order chi connectivity index (χ0) is 8.97. The molecule has 0 spiro atoms. The Bertz CT molecular complexity index is 251. The molecule has 0 fully saturated rings. The fourth-order valence-corrected chi connectivity index (χ4v) is 0.991. The van der Waals surface area contributed by atoms with E-state index in [-0.39, 0.29) is 0 Å². The van der Waals surface area contributed by atoms with Crippen molar-refractivity contribution in [3.8, 4) is 0 Å². The number of hydrogen-bond acceptors (Lipinski definition) is 2. The highest BCUT2D eigenvalue weighted by atomic mass is 16.1. The number of aldehydes is 1. The molecule has 0 aromatic heterocycles. The molecule has 64 valence electrons. The summed E-state index contributed by atoms with van der Waals surface area (Å²) in [5.41, 5.74) is 1.76. The molecule has 0 bridgehead atoms. The van der Waals surface area contributed by atoms with Crippen LogP contribution in [-0.4, -0.2) is 12.3 Å². The van der Waals surface area contributed by atoms with Crippen molar-refractivity contribution in [2.24, 2.45) is 0 Å². The molecule has 0 heterocycles. The van der Waals surface area contributed by atoms with E-state index in [9.17, 15) is 4.79 Å². The van der Waals surface area contributed by atoms with Crippen molar-refractivity contribution in [3.05, 3.63) is 29.8 Å². The third kappa shape index (κ3) is 2.38. The number of hydrogen-bond donors (Lipinski definition) is 1. The van der Waals surface area contributed by atoms with E-state index in [0.717, 1.165) is 12.0 Å². The van der Waals surface area contributed by atoms with Gasteiger partial charge < -0.3 is 5.32 Å². The molecule has 0 saturated heterocycles. The van der Waals surface area contributed by atoms with E-state index >= 15 is 0 Å². The Kier molecular flexibility index (Phi) is 2.86. The summed E-state index contributed by atoms with van der Waals surface area (Å²) in [6.07, 6.45) is 0.846. The van der Waals surface area contributed by atoms with E-state index in [0.29, 0.717) is 11.6 Å². The summed E-state index contributed by atoms with van der Waals surface area (Å²) < 4.78 is 0. The standard InChI is InChI=1S/C10H13NO/c1-8(2)11-10-5-3-9(7-12)4-6-10/h3-8,11H,1-2H3. The predicted octanol–water partition coefficient (Wildman–Crippen LogP) is 2.32. The lowest BCUT2D eigenvalue weighted by Crippen LogP contribution is -2.09. The molecule has 0 amide bonds. The van der Waals surface area contributed by atoms with Crippen LogP contribution in [0.4, 0.5) is 5.69 Å². The number of carbonyl (C=O) groups excluding carboxylic acids is 1. The Hall–Kier alpha value is -1.31. The normalized spacial score (nSPS) is 9.92. The molecule has 1 N–H and O–H groups in total. The van der Waals surface area contributed by atoms with Crippen LogP contribution >= 0.6 is 0 Å². The molecule has 0 aliphatic heterocycles. The molecule has 1 aromatic rings. The zero-order valence-corrected chi connectivity index (χ0v) is 7.37. The minimum Gasteiger partial charge on any atom is -0.383 e. The van der Waals surface area contributed by atoms with Crippen LogP contribution in [0.3, 0.4) is 0 Å². The van der Waals surface area contributed by atoms with Crippen molar-refractivity contribution in [1.82, 2.24) is 0 Å². The van der Waals surface area contributed by atoms with Crippen LogP contribution in [0.2, 0.25) is 0 Å². The first-order chi connectivity index (χ1) is 5.72. The number of carbonyl (C=O) groups is 1. The van der Waals surface area contributed by atoms with Gasteiger partial charge in [0.25, 0.3) is 0 Å². The fourth-order valence-electron chi connectivity index (χ4n) is 0.991. The Balaban J connectivity index is 2.71. The first-order valence-corrected chi connectivity index (χ1v) is 4.04. The quantitative estimate of drug-likeness (QED) is 0.693. The van der Waals surface area contributed by atoms with E-state index < -0.39 is 0 Å². The highest BCUT2D eigenvalue weighted by molar-refractivity contribution is 5.75. The van der Waals surface area contributed by atoms with Crippen LogP contribution in [0.15, 0.2) is 24.3 Å². The van der Waals surface area contributed by atoms with Crippen LogP contribution < -0.4 is 5.32 Å². The van der Waals surface area contributed by atoms with Gasteiger partial charge in [-0.25, -0.2) is 0 Å². The van der Waals surface area contributed by atoms with E-state index in [1.807, 2.05) is 12.1 Å². The summed E-state index contributed by atoms with van der Waals surface area (Å²) in [6.45, 7) is 4.15. The van der Waals surface area contributed by atoms with Crippen molar-refractivity contribution in [2.75, 3.05) is 5.32 Å². The molecular weight excluding hydrogens is 150 g/mol. The average Bonchev–Trinajstić information content (AvgIpc) is 2.05. The largest absolute Gasteiger partial charge is 0.383 e. The van der Waals surface area contributed by atoms with Crippen molar-refractivity contribution in [1.29, 1.82) is 0 Å². The second-order valence-electron chi connectivity index (χ2n) is 3.04. The number of rotatable bonds is 3. The van der Waals surface area contributed by atoms with Gasteiger partial charge in [-0.05, 0) is 38.1 Å². The lowest BCUT2D eigenvalue weighted by atomic mass is 10.2. The summed E-state index contributed by atoms with van der Waals surface area (Å²) in [7, 11) is 0. The maximum Gasteiger partial charge on any atom is 0.150 e. The number of anilines is 1. The van der Waals surface area contributed by atoms with E-state index in [4.69, 9.17) is 0 Å². The second kappa shape index (κ2) is 3.90. The van der Waals surface area contributed by atoms with Crippen molar-refractivity contribution < 1.29 is 4.79 Å². The molecule has 12 heavy (non-hydrogen) atoms. The number of benzene rings is 1. The van der Waals surface area contributed by atoms with Gasteiger partial charge in [-0.1, -0.05) is 0 Å². The predicted molar refractivity (Wildman–Crippen MR) is 50.6 cm³/mol. The smallest absolute Gasteiger partial charge is 0.150 e. The molecule has 1 rings (SSSR count). The topological polar surface area (TPSA) is 29.1 Å². The lowest BCUT2D eigenvalue weighted by molar-refractivity contribution is 0.112. The minimum absolute atomic E-state index is 0.423. The first kappa shape index (κ1) is 8.78. The van der Waals surface area contributed by atoms with Gasteiger partial charge in [-0.15, -0.1) is 0 Å². The highest BCUT2D eigenvalue weighted by Crippen LogP contribution is 2.08. The fraction of sp³-hybridized carbons (Fsp3) is 0.300. The molecular formula is C10H13NO. The third-order valence-corrected chi connectivity index (χ3v) is 1.50. The van der Waals surface area contributed by atoms with Crippen LogP contribution in [0.25, 0.3) is 0 Å². The van der Waals surface area contributed by atoms with Crippen LogP contribution in [-0.2, 0) is 0 Å². The summed E-state index contributed by atoms with van der Waals surface area (Å²) >= 11 is 0. The lowest BCUT2D eigenvalue weighted by Gasteiger charge is -2.08. The zero-order valence-electron chi connectivity index (χ0n) is 7.37. The molecule has 0 unspecified atom stereocenters. The molecule has 2 nitrogen and oxygen atoms in total. The van der Waals surface area contributed by atoms with E-state index in [1.165, 1.54) is 0 Å². The maximum absolute atomic E-state index is 10.3. The second-order valence-corrected chi connectivity index (χ2v) is 3.04. The van der Waals surface area contributed by atoms with Crippen molar-refractivity contribution >= 4 is 12.0 Å². The number of nitrogens with one attached hydrogen (secondary N) is 1. The monoisotopic (exact) mass is 163 g/mol. The molecule has 0 aliphatic rings. The Labute approximate surface area is 72.6 Å². The van der Waals surface area contributed by atoms with Crippen LogP contribution in [0, 0.1) is 0 Å². The first-order valence-electron chi connectivity index (χ1n) is 4.04. The Morgan fingerprint density at radius 1 is 1.25 bits per heavy atom. The van der Waals surface area contributed by atoms with Gasteiger partial charge in [0.15, 0.2) is 0 Å². The Morgan fingerprint density at radius 3 is 2.25 bits per heavy atom. The molecule has 0 aliphatic carbocycles. The van der Waals surface area contributed by atoms with Crippen molar-refractivity contribution in [3.63, 3.8) is 0 Å². The van der Waals surface area contributed by atoms with Gasteiger partial charge in [-0.3, -0.25) is 4.79 Å². The maximum atomic E-state index is 10.3. The molecule has 1 aromatic carbocycles. The Morgan fingerprint density at radius 2 is 1.83 bits per heavy atom. The van der Waals surface area contributed by atoms with Crippen LogP contribution in [0.5, 0.6) is 0 Å². The van der Waals surface area contributed by atoms with Crippen molar-refractivity contribution in [2.45, 2.75) is 19.9 Å². The van der Waals surface area contributed by atoms with Gasteiger partial charge in [-0.2, -0.15) is 0 Å². The average molecular weight is 163 g/mol. The van der Waals surface area contributed by atoms with Gasteiger partial charge in [0.05, 0.1) is 0 Å². The minimum atomic E-state index is 0.423. The third-order valence-electron chi connectivity index (χ3n) is 1.50. The van der Waals surface area contributed by atoms with Gasteiger partial charge in [0, 0.05) is 17.3 Å². The summed E-state index contributed by atoms with van der Waals surface area (Å²) in [5, 5.41) is 3.24. The van der Waals surface area contributed by atoms with E-state index in [1.54, 1.807) is 12.1 Å². The van der Waals surface area contributed by atoms with Gasteiger partial charge in [0.1, 0.15) is 6.29 Å². The van der Waals surface area contributed by atoms with Gasteiger partial charge in [0.2, 0.25) is 0 Å². The molecule has 2 heteroatoms. The highest BCUT2D eigenvalue weighted by Gasteiger charge is 1.94. The van der Waals surface area contributed by atoms with Crippen LogP contribution in [0.1, 0.15) is 24.2 Å². The molecule has 0 radical (unpaired) electrons.